The van der Waals surface area contributed by atoms with E-state index in [1.54, 1.807) is 0 Å². The Morgan fingerprint density at radius 2 is 1.47 bits per heavy atom. The van der Waals surface area contributed by atoms with E-state index in [-0.39, 0.29) is 6.61 Å². The lowest BCUT2D eigenvalue weighted by atomic mass is 9.79. The summed E-state index contributed by atoms with van der Waals surface area (Å²) in [6.07, 6.45) is 25.0. The van der Waals surface area contributed by atoms with Crippen LogP contribution in [0.25, 0.3) is 0 Å². The minimum absolute atomic E-state index is 0.202. The van der Waals surface area contributed by atoms with Crippen molar-refractivity contribution >= 4 is 5.97 Å². The summed E-state index contributed by atoms with van der Waals surface area (Å²) in [6.45, 7) is 17.8. The molecule has 1 aliphatic carbocycles. The SMILES string of the molecule is C=C(CC/C=C(\C)CCC=C(C)C)CCC1C=C(CC/C=C(\C)CCC=C(C)C)CC(COCC(=O)O)C1. The molecule has 2 atom stereocenters. The first-order valence-corrected chi connectivity index (χ1v) is 14.8. The average Bonchev–Trinajstić information content (AvgIpc) is 2.82. The Hall–Kier alpha value is -2.13. The maximum atomic E-state index is 10.9. The standard InChI is InChI=1S/C35H56O3/c1-27(2)12-8-14-29(5)16-10-17-31(7)20-21-33-22-32(23-34(24-33)25-38-26-35(36)37)19-11-18-30(6)15-9-13-28(3)4/h12-13,16,18,22,33-34H,7-11,14-15,17,19-21,23-26H2,1-6H3,(H,36,37)/b29-16+,30-18+. The monoisotopic (exact) mass is 524 g/mol. The van der Waals surface area contributed by atoms with Gasteiger partial charge in [-0.3, -0.25) is 0 Å². The van der Waals surface area contributed by atoms with Gasteiger partial charge in [-0.05, 0) is 130 Å². The van der Waals surface area contributed by atoms with E-state index in [2.05, 4.69) is 78.5 Å². The molecule has 0 saturated carbocycles. The summed E-state index contributed by atoms with van der Waals surface area (Å²) in [5, 5.41) is 8.96. The zero-order chi connectivity index (χ0) is 28.3. The molecule has 0 fully saturated rings. The van der Waals surface area contributed by atoms with E-state index in [9.17, 15) is 4.79 Å². The van der Waals surface area contributed by atoms with Crippen LogP contribution in [0.15, 0.2) is 70.4 Å². The van der Waals surface area contributed by atoms with Gasteiger partial charge in [0.25, 0.3) is 0 Å². The minimum atomic E-state index is -0.889. The predicted molar refractivity (Wildman–Crippen MR) is 164 cm³/mol. The van der Waals surface area contributed by atoms with E-state index in [1.165, 1.54) is 33.4 Å². The van der Waals surface area contributed by atoms with Crippen LogP contribution in [0, 0.1) is 11.8 Å². The van der Waals surface area contributed by atoms with Crippen LogP contribution in [-0.4, -0.2) is 24.3 Å². The molecule has 1 N–H and O–H groups in total. The van der Waals surface area contributed by atoms with Gasteiger partial charge in [0, 0.05) is 0 Å². The van der Waals surface area contributed by atoms with Crippen molar-refractivity contribution in [2.45, 2.75) is 119 Å². The highest BCUT2D eigenvalue weighted by Crippen LogP contribution is 2.34. The number of hydrogen-bond acceptors (Lipinski definition) is 2. The maximum absolute atomic E-state index is 10.9. The lowest BCUT2D eigenvalue weighted by Crippen LogP contribution is -2.21. The summed E-state index contributed by atoms with van der Waals surface area (Å²) < 4.78 is 5.51. The number of aliphatic carboxylic acids is 1. The lowest BCUT2D eigenvalue weighted by molar-refractivity contribution is -0.142. The molecule has 0 amide bonds. The van der Waals surface area contributed by atoms with Gasteiger partial charge in [-0.1, -0.05) is 70.4 Å². The molecule has 0 heterocycles. The van der Waals surface area contributed by atoms with E-state index >= 15 is 0 Å². The smallest absolute Gasteiger partial charge is 0.329 e. The first-order valence-electron chi connectivity index (χ1n) is 14.8. The van der Waals surface area contributed by atoms with Gasteiger partial charge in [0.15, 0.2) is 0 Å². The van der Waals surface area contributed by atoms with Gasteiger partial charge in [-0.15, -0.1) is 0 Å². The lowest BCUT2D eigenvalue weighted by Gasteiger charge is -2.29. The van der Waals surface area contributed by atoms with Crippen LogP contribution in [0.5, 0.6) is 0 Å². The molecule has 0 saturated heterocycles. The van der Waals surface area contributed by atoms with Crippen molar-refractivity contribution in [2.75, 3.05) is 13.2 Å². The summed E-state index contributed by atoms with van der Waals surface area (Å²) in [7, 11) is 0. The van der Waals surface area contributed by atoms with Crippen molar-refractivity contribution in [3.63, 3.8) is 0 Å². The summed E-state index contributed by atoms with van der Waals surface area (Å²) in [6, 6.07) is 0. The second kappa shape index (κ2) is 19.9. The fourth-order valence-electron chi connectivity index (χ4n) is 5.10. The van der Waals surface area contributed by atoms with Crippen LogP contribution in [0.2, 0.25) is 0 Å². The van der Waals surface area contributed by atoms with Gasteiger partial charge in [0.2, 0.25) is 0 Å². The maximum Gasteiger partial charge on any atom is 0.329 e. The number of rotatable bonds is 19. The summed E-state index contributed by atoms with van der Waals surface area (Å²) in [5.74, 6) is 0.0409. The highest BCUT2D eigenvalue weighted by atomic mass is 16.5. The molecule has 0 spiro atoms. The molecule has 3 nitrogen and oxygen atoms in total. The van der Waals surface area contributed by atoms with Crippen LogP contribution < -0.4 is 0 Å². The van der Waals surface area contributed by atoms with Crippen molar-refractivity contribution in [3.8, 4) is 0 Å². The van der Waals surface area contributed by atoms with Crippen LogP contribution in [0.4, 0.5) is 0 Å². The molecule has 0 bridgehead atoms. The second-order valence-electron chi connectivity index (χ2n) is 11.9. The topological polar surface area (TPSA) is 46.5 Å². The number of ether oxygens (including phenoxy) is 1. The van der Waals surface area contributed by atoms with E-state index in [0.717, 1.165) is 77.0 Å². The highest BCUT2D eigenvalue weighted by Gasteiger charge is 2.23. The van der Waals surface area contributed by atoms with E-state index in [1.807, 2.05) is 0 Å². The first-order chi connectivity index (χ1) is 18.0. The van der Waals surface area contributed by atoms with Crippen molar-refractivity contribution in [2.24, 2.45) is 11.8 Å². The predicted octanol–water partition coefficient (Wildman–Crippen LogP) is 10.3. The van der Waals surface area contributed by atoms with Crippen LogP contribution in [0.1, 0.15) is 119 Å². The fraction of sp³-hybridized carbons (Fsp3) is 0.629. The molecule has 2 unspecified atom stereocenters. The number of carboxylic acid groups (broad SMARTS) is 1. The number of hydrogen-bond donors (Lipinski definition) is 1. The second-order valence-corrected chi connectivity index (χ2v) is 11.9. The van der Waals surface area contributed by atoms with Gasteiger partial charge in [0.05, 0.1) is 6.61 Å². The third-order valence-corrected chi connectivity index (χ3v) is 7.24. The normalized spacial score (nSPS) is 18.1. The Balaban J connectivity index is 2.59. The van der Waals surface area contributed by atoms with Crippen LogP contribution in [-0.2, 0) is 9.53 Å². The third-order valence-electron chi connectivity index (χ3n) is 7.24. The minimum Gasteiger partial charge on any atom is -0.480 e. The van der Waals surface area contributed by atoms with Gasteiger partial charge >= 0.3 is 5.97 Å². The average molecular weight is 525 g/mol. The van der Waals surface area contributed by atoms with Gasteiger partial charge in [-0.25, -0.2) is 4.79 Å². The van der Waals surface area contributed by atoms with Crippen molar-refractivity contribution < 1.29 is 14.6 Å². The molecule has 0 aromatic carbocycles. The van der Waals surface area contributed by atoms with Crippen molar-refractivity contribution in [1.82, 2.24) is 0 Å². The number of carboxylic acids is 1. The first kappa shape index (κ1) is 33.9. The van der Waals surface area contributed by atoms with E-state index in [4.69, 9.17) is 9.84 Å². The molecule has 38 heavy (non-hydrogen) atoms. The summed E-state index contributed by atoms with van der Waals surface area (Å²) in [5.41, 5.74) is 8.57. The van der Waals surface area contributed by atoms with Gasteiger partial charge in [-0.2, -0.15) is 0 Å². The number of carbonyl (C=O) groups is 1. The molecule has 0 aromatic heterocycles. The molecule has 3 heteroatoms. The summed E-state index contributed by atoms with van der Waals surface area (Å²) >= 11 is 0. The molecular formula is C35H56O3. The Kier molecular flexibility index (Phi) is 17.7. The zero-order valence-electron chi connectivity index (χ0n) is 25.4. The molecule has 1 rings (SSSR count). The Labute approximate surface area is 234 Å². The van der Waals surface area contributed by atoms with E-state index in [0.29, 0.717) is 18.4 Å². The van der Waals surface area contributed by atoms with Crippen LogP contribution in [0.3, 0.4) is 0 Å². The Morgan fingerprint density at radius 3 is 2.05 bits per heavy atom. The van der Waals surface area contributed by atoms with E-state index < -0.39 is 5.97 Å². The number of allylic oxidation sites excluding steroid dienone is 11. The molecular weight excluding hydrogens is 468 g/mol. The molecule has 0 aliphatic heterocycles. The highest BCUT2D eigenvalue weighted by molar-refractivity contribution is 5.67. The fourth-order valence-corrected chi connectivity index (χ4v) is 5.10. The van der Waals surface area contributed by atoms with Crippen molar-refractivity contribution in [3.05, 3.63) is 70.4 Å². The van der Waals surface area contributed by atoms with Gasteiger partial charge < -0.3 is 9.84 Å². The largest absolute Gasteiger partial charge is 0.480 e. The zero-order valence-corrected chi connectivity index (χ0v) is 25.4. The Morgan fingerprint density at radius 1 is 0.895 bits per heavy atom. The third kappa shape index (κ3) is 18.2. The Bertz CT molecular complexity index is 873. The van der Waals surface area contributed by atoms with Crippen molar-refractivity contribution in [1.29, 1.82) is 0 Å². The molecule has 0 radical (unpaired) electrons. The quantitative estimate of drug-likeness (QED) is 0.171. The molecule has 0 aromatic rings. The van der Waals surface area contributed by atoms with Gasteiger partial charge in [0.1, 0.15) is 6.61 Å². The summed E-state index contributed by atoms with van der Waals surface area (Å²) in [4.78, 5) is 10.9. The van der Waals surface area contributed by atoms with Crippen LogP contribution >= 0.6 is 0 Å². The molecule has 214 valence electrons. The molecule has 1 aliphatic rings.